The first-order chi connectivity index (χ1) is 6.83. The quantitative estimate of drug-likeness (QED) is 0.754. The van der Waals surface area contributed by atoms with E-state index in [0.29, 0.717) is 6.04 Å². The summed E-state index contributed by atoms with van der Waals surface area (Å²) in [5.74, 6) is 1.12. The van der Waals surface area contributed by atoms with Crippen LogP contribution in [0.25, 0.3) is 0 Å². The Labute approximate surface area is 91.9 Å². The van der Waals surface area contributed by atoms with Gasteiger partial charge in [-0.05, 0) is 28.1 Å². The molecule has 74 valence electrons. The largest absolute Gasteiger partial charge is 0.350 e. The molecule has 4 heteroatoms. The molecule has 0 atom stereocenters. The zero-order valence-corrected chi connectivity index (χ0v) is 9.44. The molecule has 14 heavy (non-hydrogen) atoms. The standard InChI is InChI=1S/C10H12BrN3/c11-8-1-2-10(12-5-8)14-4-3-13-6-9(14)7-13/h1-2,5,9H,3-4,6-7H2. The van der Waals surface area contributed by atoms with Crippen molar-refractivity contribution in [3.63, 3.8) is 0 Å². The minimum absolute atomic E-state index is 0.706. The predicted molar refractivity (Wildman–Crippen MR) is 59.5 cm³/mol. The third kappa shape index (κ3) is 1.33. The second-order valence-electron chi connectivity index (χ2n) is 3.94. The van der Waals surface area contributed by atoms with Gasteiger partial charge in [0.25, 0.3) is 0 Å². The summed E-state index contributed by atoms with van der Waals surface area (Å²) < 4.78 is 1.05. The van der Waals surface area contributed by atoms with Crippen molar-refractivity contribution in [1.82, 2.24) is 9.88 Å². The van der Waals surface area contributed by atoms with Crippen LogP contribution < -0.4 is 4.90 Å². The van der Waals surface area contributed by atoms with Gasteiger partial charge in [0.15, 0.2) is 0 Å². The molecular formula is C10H12BrN3. The average Bonchev–Trinajstić information content (AvgIpc) is 2.18. The van der Waals surface area contributed by atoms with Crippen LogP contribution in [0.3, 0.4) is 0 Å². The maximum Gasteiger partial charge on any atom is 0.128 e. The molecule has 1 aromatic heterocycles. The maximum atomic E-state index is 4.44. The molecule has 0 amide bonds. The number of anilines is 1. The lowest BCUT2D eigenvalue weighted by molar-refractivity contribution is 0.109. The van der Waals surface area contributed by atoms with Crippen molar-refractivity contribution in [2.75, 3.05) is 31.1 Å². The summed E-state index contributed by atoms with van der Waals surface area (Å²) in [6, 6.07) is 4.86. The highest BCUT2D eigenvalue weighted by Crippen LogP contribution is 2.25. The second-order valence-corrected chi connectivity index (χ2v) is 4.86. The number of halogens is 1. The molecule has 1 aromatic rings. The highest BCUT2D eigenvalue weighted by atomic mass is 79.9. The van der Waals surface area contributed by atoms with Crippen LogP contribution in [0.1, 0.15) is 0 Å². The minimum atomic E-state index is 0.706. The van der Waals surface area contributed by atoms with Crippen LogP contribution in [0.4, 0.5) is 5.82 Å². The Bertz CT molecular complexity index is 329. The monoisotopic (exact) mass is 253 g/mol. The lowest BCUT2D eigenvalue weighted by Crippen LogP contribution is -2.66. The zero-order valence-electron chi connectivity index (χ0n) is 7.86. The minimum Gasteiger partial charge on any atom is -0.350 e. The molecule has 3 saturated heterocycles. The molecular weight excluding hydrogens is 242 g/mol. The molecule has 0 spiro atoms. The highest BCUT2D eigenvalue weighted by Gasteiger charge is 2.36. The van der Waals surface area contributed by atoms with Gasteiger partial charge in [-0.25, -0.2) is 4.98 Å². The first-order valence-corrected chi connectivity index (χ1v) is 5.73. The van der Waals surface area contributed by atoms with Crippen molar-refractivity contribution in [1.29, 1.82) is 0 Å². The molecule has 3 aliphatic heterocycles. The van der Waals surface area contributed by atoms with Crippen LogP contribution in [-0.4, -0.2) is 42.1 Å². The lowest BCUT2D eigenvalue weighted by Gasteiger charge is -2.51. The van der Waals surface area contributed by atoms with E-state index in [9.17, 15) is 0 Å². The number of piperazine rings is 2. The summed E-state index contributed by atoms with van der Waals surface area (Å²) in [6.45, 7) is 4.75. The SMILES string of the molecule is Brc1ccc(N2CCN3CC2C3)nc1. The normalized spacial score (nSPS) is 29.9. The molecule has 0 radical (unpaired) electrons. The number of hydrogen-bond donors (Lipinski definition) is 0. The maximum absolute atomic E-state index is 4.44. The summed E-state index contributed by atoms with van der Waals surface area (Å²) in [4.78, 5) is 9.35. The van der Waals surface area contributed by atoms with E-state index in [1.54, 1.807) is 0 Å². The van der Waals surface area contributed by atoms with Crippen molar-refractivity contribution in [2.45, 2.75) is 6.04 Å². The van der Waals surface area contributed by atoms with E-state index < -0.39 is 0 Å². The van der Waals surface area contributed by atoms with Crippen molar-refractivity contribution < 1.29 is 0 Å². The Morgan fingerprint density at radius 2 is 2.14 bits per heavy atom. The van der Waals surface area contributed by atoms with Gasteiger partial charge in [-0.3, -0.25) is 4.90 Å². The van der Waals surface area contributed by atoms with Crippen molar-refractivity contribution in [3.05, 3.63) is 22.8 Å². The molecule has 0 aliphatic carbocycles. The van der Waals surface area contributed by atoms with Gasteiger partial charge in [0, 0.05) is 36.8 Å². The highest BCUT2D eigenvalue weighted by molar-refractivity contribution is 9.10. The van der Waals surface area contributed by atoms with Crippen LogP contribution in [0, 0.1) is 0 Å². The molecule has 2 bridgehead atoms. The number of fused-ring (bicyclic) bond motifs is 2. The van der Waals surface area contributed by atoms with E-state index in [1.165, 1.54) is 19.6 Å². The van der Waals surface area contributed by atoms with Crippen LogP contribution >= 0.6 is 15.9 Å². The van der Waals surface area contributed by atoms with Gasteiger partial charge >= 0.3 is 0 Å². The fourth-order valence-corrected chi connectivity index (χ4v) is 2.43. The van der Waals surface area contributed by atoms with Gasteiger partial charge < -0.3 is 4.90 Å². The van der Waals surface area contributed by atoms with E-state index in [4.69, 9.17) is 0 Å². The Hall–Kier alpha value is -0.610. The number of pyridine rings is 1. The molecule has 0 N–H and O–H groups in total. The van der Waals surface area contributed by atoms with E-state index >= 15 is 0 Å². The molecule has 0 aromatic carbocycles. The molecule has 3 nitrogen and oxygen atoms in total. The summed E-state index contributed by atoms with van der Waals surface area (Å²) in [7, 11) is 0. The van der Waals surface area contributed by atoms with Crippen LogP contribution in [0.5, 0.6) is 0 Å². The fourth-order valence-electron chi connectivity index (χ4n) is 2.19. The van der Waals surface area contributed by atoms with Gasteiger partial charge in [0.2, 0.25) is 0 Å². The van der Waals surface area contributed by atoms with Gasteiger partial charge in [-0.1, -0.05) is 0 Å². The first kappa shape index (κ1) is 8.68. The van der Waals surface area contributed by atoms with Crippen molar-refractivity contribution in [3.8, 4) is 0 Å². The predicted octanol–water partition coefficient (Wildman–Crippen LogP) is 1.35. The van der Waals surface area contributed by atoms with Gasteiger partial charge in [-0.2, -0.15) is 0 Å². The number of rotatable bonds is 1. The van der Waals surface area contributed by atoms with Crippen LogP contribution in [-0.2, 0) is 0 Å². The molecule has 4 rings (SSSR count). The smallest absolute Gasteiger partial charge is 0.128 e. The first-order valence-electron chi connectivity index (χ1n) is 4.93. The van der Waals surface area contributed by atoms with Gasteiger partial charge in [0.1, 0.15) is 5.82 Å². The van der Waals surface area contributed by atoms with Gasteiger partial charge in [-0.15, -0.1) is 0 Å². The summed E-state index contributed by atoms with van der Waals surface area (Å²) >= 11 is 3.41. The Kier molecular flexibility index (Phi) is 1.99. The molecule has 0 saturated carbocycles. The molecule has 3 aliphatic rings. The Morgan fingerprint density at radius 1 is 1.29 bits per heavy atom. The lowest BCUT2D eigenvalue weighted by atomic mass is 10.0. The molecule has 4 heterocycles. The van der Waals surface area contributed by atoms with E-state index in [2.05, 4.69) is 42.8 Å². The topological polar surface area (TPSA) is 19.4 Å². The molecule has 0 unspecified atom stereocenters. The second kappa shape index (κ2) is 3.21. The summed E-state index contributed by atoms with van der Waals surface area (Å²) in [5, 5.41) is 0. The van der Waals surface area contributed by atoms with Crippen molar-refractivity contribution in [2.24, 2.45) is 0 Å². The Morgan fingerprint density at radius 3 is 2.71 bits per heavy atom. The van der Waals surface area contributed by atoms with E-state index in [1.807, 2.05) is 6.20 Å². The van der Waals surface area contributed by atoms with E-state index in [-0.39, 0.29) is 0 Å². The van der Waals surface area contributed by atoms with Crippen LogP contribution in [0.15, 0.2) is 22.8 Å². The third-order valence-electron chi connectivity index (χ3n) is 3.04. The zero-order chi connectivity index (χ0) is 9.54. The van der Waals surface area contributed by atoms with Gasteiger partial charge in [0.05, 0.1) is 6.04 Å². The molecule has 3 fully saturated rings. The average molecular weight is 254 g/mol. The van der Waals surface area contributed by atoms with Crippen molar-refractivity contribution >= 4 is 21.7 Å². The summed E-state index contributed by atoms with van der Waals surface area (Å²) in [6.07, 6.45) is 1.88. The fraction of sp³-hybridized carbons (Fsp3) is 0.500. The number of aromatic nitrogens is 1. The number of nitrogens with zero attached hydrogens (tertiary/aromatic N) is 3. The number of hydrogen-bond acceptors (Lipinski definition) is 3. The van der Waals surface area contributed by atoms with Crippen LogP contribution in [0.2, 0.25) is 0 Å². The van der Waals surface area contributed by atoms with E-state index in [0.717, 1.165) is 16.8 Å². The third-order valence-corrected chi connectivity index (χ3v) is 3.51. The summed E-state index contributed by atoms with van der Waals surface area (Å²) in [5.41, 5.74) is 0. The Balaban J connectivity index is 1.83.